The number of rotatable bonds is 3. The second-order valence-corrected chi connectivity index (χ2v) is 6.50. The largest absolute Gasteiger partial charge is 0.399 e. The minimum atomic E-state index is -0.315. The molecule has 3 aromatic carbocycles. The van der Waals surface area contributed by atoms with Crippen LogP contribution in [0.25, 0.3) is 22.3 Å². The standard InChI is InChI=1S/C21H22N2/c1-21(2,23)19-10-6-15(7-11-19)17-4-3-5-18(14-17)16-8-12-20(22)13-9-16/h3-14H,22-23H2,1-2H3. The van der Waals surface area contributed by atoms with Crippen molar-refractivity contribution in [1.29, 1.82) is 0 Å². The molecule has 0 heterocycles. The van der Waals surface area contributed by atoms with E-state index in [9.17, 15) is 0 Å². The van der Waals surface area contributed by atoms with Gasteiger partial charge in [-0.2, -0.15) is 0 Å². The molecule has 0 spiro atoms. The van der Waals surface area contributed by atoms with E-state index in [-0.39, 0.29) is 5.54 Å². The molecular formula is C21H22N2. The molecule has 0 aromatic heterocycles. The third kappa shape index (κ3) is 3.43. The Morgan fingerprint density at radius 1 is 0.652 bits per heavy atom. The molecule has 0 aliphatic rings. The normalized spacial score (nSPS) is 11.4. The molecule has 3 aromatic rings. The van der Waals surface area contributed by atoms with Crippen molar-refractivity contribution < 1.29 is 0 Å². The second kappa shape index (κ2) is 5.90. The topological polar surface area (TPSA) is 52.0 Å². The van der Waals surface area contributed by atoms with Gasteiger partial charge >= 0.3 is 0 Å². The number of hydrogen-bond acceptors (Lipinski definition) is 2. The molecule has 0 aliphatic heterocycles. The highest BCUT2D eigenvalue weighted by Crippen LogP contribution is 2.28. The van der Waals surface area contributed by atoms with Crippen LogP contribution in [-0.4, -0.2) is 0 Å². The van der Waals surface area contributed by atoms with E-state index in [1.807, 2.05) is 26.0 Å². The second-order valence-electron chi connectivity index (χ2n) is 6.50. The lowest BCUT2D eigenvalue weighted by Crippen LogP contribution is -2.28. The van der Waals surface area contributed by atoms with Crippen LogP contribution in [0.5, 0.6) is 0 Å². The highest BCUT2D eigenvalue weighted by molar-refractivity contribution is 5.73. The molecule has 2 nitrogen and oxygen atoms in total. The minimum Gasteiger partial charge on any atom is -0.399 e. The van der Waals surface area contributed by atoms with Gasteiger partial charge in [-0.1, -0.05) is 54.6 Å². The monoisotopic (exact) mass is 302 g/mol. The average molecular weight is 302 g/mol. The zero-order valence-corrected chi connectivity index (χ0v) is 13.6. The van der Waals surface area contributed by atoms with Gasteiger partial charge < -0.3 is 11.5 Å². The van der Waals surface area contributed by atoms with Gasteiger partial charge in [-0.25, -0.2) is 0 Å². The first-order chi connectivity index (χ1) is 10.9. The van der Waals surface area contributed by atoms with Crippen molar-refractivity contribution in [2.45, 2.75) is 19.4 Å². The number of hydrogen-bond donors (Lipinski definition) is 2. The summed E-state index contributed by atoms with van der Waals surface area (Å²) >= 11 is 0. The number of nitrogens with two attached hydrogens (primary N) is 2. The first-order valence-electron chi connectivity index (χ1n) is 7.79. The van der Waals surface area contributed by atoms with Gasteiger partial charge in [0.05, 0.1) is 0 Å². The van der Waals surface area contributed by atoms with Crippen LogP contribution in [-0.2, 0) is 5.54 Å². The minimum absolute atomic E-state index is 0.315. The molecule has 4 N–H and O–H groups in total. The quantitative estimate of drug-likeness (QED) is 0.683. The van der Waals surface area contributed by atoms with Crippen molar-refractivity contribution in [3.8, 4) is 22.3 Å². The molecule has 0 unspecified atom stereocenters. The first-order valence-corrected chi connectivity index (χ1v) is 7.79. The Morgan fingerprint density at radius 2 is 1.13 bits per heavy atom. The Labute approximate surface area is 137 Å². The van der Waals surface area contributed by atoms with E-state index in [1.54, 1.807) is 0 Å². The molecule has 0 bridgehead atoms. The van der Waals surface area contributed by atoms with Crippen LogP contribution in [0.15, 0.2) is 72.8 Å². The van der Waals surface area contributed by atoms with Crippen LogP contribution in [0.2, 0.25) is 0 Å². The smallest absolute Gasteiger partial charge is 0.0352 e. The lowest BCUT2D eigenvalue weighted by molar-refractivity contribution is 0.554. The van der Waals surface area contributed by atoms with Crippen molar-refractivity contribution in [2.24, 2.45) is 5.73 Å². The van der Waals surface area contributed by atoms with E-state index < -0.39 is 0 Å². The van der Waals surface area contributed by atoms with Crippen LogP contribution in [0.4, 0.5) is 5.69 Å². The zero-order valence-electron chi connectivity index (χ0n) is 13.6. The molecule has 116 valence electrons. The molecule has 0 fully saturated rings. The summed E-state index contributed by atoms with van der Waals surface area (Å²) in [6.45, 7) is 4.04. The molecule has 0 radical (unpaired) electrons. The van der Waals surface area contributed by atoms with E-state index >= 15 is 0 Å². The maximum atomic E-state index is 6.15. The number of benzene rings is 3. The van der Waals surface area contributed by atoms with E-state index in [4.69, 9.17) is 11.5 Å². The highest BCUT2D eigenvalue weighted by atomic mass is 14.7. The predicted octanol–water partition coefficient (Wildman–Crippen LogP) is 4.80. The lowest BCUT2D eigenvalue weighted by Gasteiger charge is -2.19. The van der Waals surface area contributed by atoms with Crippen LogP contribution < -0.4 is 11.5 Å². The molecule has 0 saturated heterocycles. The van der Waals surface area contributed by atoms with Crippen LogP contribution >= 0.6 is 0 Å². The van der Waals surface area contributed by atoms with Crippen molar-refractivity contribution in [3.63, 3.8) is 0 Å². The average Bonchev–Trinajstić information content (AvgIpc) is 2.55. The summed E-state index contributed by atoms with van der Waals surface area (Å²) < 4.78 is 0. The Bertz CT molecular complexity index is 794. The molecule has 0 saturated carbocycles. The summed E-state index contributed by atoms with van der Waals surface area (Å²) in [5.74, 6) is 0. The van der Waals surface area contributed by atoms with Crippen LogP contribution in [0.3, 0.4) is 0 Å². The van der Waals surface area contributed by atoms with E-state index in [2.05, 4.69) is 60.7 Å². The van der Waals surface area contributed by atoms with Gasteiger partial charge in [-0.3, -0.25) is 0 Å². The third-order valence-electron chi connectivity index (χ3n) is 4.07. The van der Waals surface area contributed by atoms with Gasteiger partial charge in [-0.15, -0.1) is 0 Å². The van der Waals surface area contributed by atoms with Crippen molar-refractivity contribution in [3.05, 3.63) is 78.4 Å². The summed E-state index contributed by atoms with van der Waals surface area (Å²) in [5.41, 5.74) is 18.3. The molecule has 2 heteroatoms. The molecule has 0 atom stereocenters. The van der Waals surface area contributed by atoms with Gasteiger partial charge in [0, 0.05) is 11.2 Å². The number of nitrogen functional groups attached to an aromatic ring is 1. The van der Waals surface area contributed by atoms with Crippen molar-refractivity contribution >= 4 is 5.69 Å². The molecule has 23 heavy (non-hydrogen) atoms. The van der Waals surface area contributed by atoms with Crippen molar-refractivity contribution in [2.75, 3.05) is 5.73 Å². The van der Waals surface area contributed by atoms with Crippen LogP contribution in [0, 0.1) is 0 Å². The maximum Gasteiger partial charge on any atom is 0.0352 e. The molecule has 0 aliphatic carbocycles. The molecule has 3 rings (SSSR count). The first kappa shape index (κ1) is 15.3. The van der Waals surface area contributed by atoms with Crippen molar-refractivity contribution in [1.82, 2.24) is 0 Å². The van der Waals surface area contributed by atoms with E-state index in [0.29, 0.717) is 0 Å². The fourth-order valence-electron chi connectivity index (χ4n) is 2.65. The summed E-state index contributed by atoms with van der Waals surface area (Å²) in [5, 5.41) is 0. The highest BCUT2D eigenvalue weighted by Gasteiger charge is 2.13. The maximum absolute atomic E-state index is 6.15. The summed E-state index contributed by atoms with van der Waals surface area (Å²) in [6.07, 6.45) is 0. The predicted molar refractivity (Wildman–Crippen MR) is 98.9 cm³/mol. The summed E-state index contributed by atoms with van der Waals surface area (Å²) in [4.78, 5) is 0. The van der Waals surface area contributed by atoms with Gasteiger partial charge in [0.2, 0.25) is 0 Å². The summed E-state index contributed by atoms with van der Waals surface area (Å²) in [7, 11) is 0. The SMILES string of the molecule is CC(C)(N)c1ccc(-c2cccc(-c3ccc(N)cc3)c2)cc1. The lowest BCUT2D eigenvalue weighted by atomic mass is 9.93. The van der Waals surface area contributed by atoms with Gasteiger partial charge in [0.15, 0.2) is 0 Å². The molecular weight excluding hydrogens is 280 g/mol. The van der Waals surface area contributed by atoms with E-state index in [1.165, 1.54) is 22.3 Å². The summed E-state index contributed by atoms with van der Waals surface area (Å²) in [6, 6.07) is 25.0. The van der Waals surface area contributed by atoms with Gasteiger partial charge in [0.1, 0.15) is 0 Å². The van der Waals surface area contributed by atoms with Gasteiger partial charge in [0.25, 0.3) is 0 Å². The fraction of sp³-hybridized carbons (Fsp3) is 0.143. The zero-order chi connectivity index (χ0) is 16.4. The Hall–Kier alpha value is -2.58. The Balaban J connectivity index is 1.95. The molecule has 0 amide bonds. The number of anilines is 1. The van der Waals surface area contributed by atoms with Crippen LogP contribution in [0.1, 0.15) is 19.4 Å². The van der Waals surface area contributed by atoms with E-state index in [0.717, 1.165) is 11.3 Å². The van der Waals surface area contributed by atoms with Gasteiger partial charge in [-0.05, 0) is 59.9 Å². The fourth-order valence-corrected chi connectivity index (χ4v) is 2.65. The Kier molecular flexibility index (Phi) is 3.93. The Morgan fingerprint density at radius 3 is 1.61 bits per heavy atom. The third-order valence-corrected chi connectivity index (χ3v) is 4.07.